The summed E-state index contributed by atoms with van der Waals surface area (Å²) in [6.45, 7) is 0. The molecule has 0 aromatic heterocycles. The summed E-state index contributed by atoms with van der Waals surface area (Å²) in [5.74, 6) is -0.815. The molecule has 27 heavy (non-hydrogen) atoms. The van der Waals surface area contributed by atoms with Crippen LogP contribution in [0.1, 0.15) is 0 Å². The fourth-order valence-electron chi connectivity index (χ4n) is 1.71. The van der Waals surface area contributed by atoms with Crippen LogP contribution in [0.3, 0.4) is 0 Å². The molecule has 0 spiro atoms. The maximum atomic E-state index is 11.2. The molecule has 2 rings (SSSR count). The van der Waals surface area contributed by atoms with E-state index in [0.717, 1.165) is 18.2 Å². The normalized spacial score (nSPS) is 11.9. The van der Waals surface area contributed by atoms with Gasteiger partial charge in [0, 0.05) is 12.1 Å². The highest BCUT2D eigenvalue weighted by Gasteiger charge is 2.10. The molecule has 13 heteroatoms. The van der Waals surface area contributed by atoms with Gasteiger partial charge in [-0.1, -0.05) is 0 Å². The molecule has 0 saturated carbocycles. The van der Waals surface area contributed by atoms with Crippen molar-refractivity contribution in [3.8, 4) is 11.8 Å². The van der Waals surface area contributed by atoms with E-state index in [9.17, 15) is 23.6 Å². The molecular formula is C14H11N7O5S. The minimum absolute atomic E-state index is 0.0987. The van der Waals surface area contributed by atoms with Crippen LogP contribution in [0.15, 0.2) is 62.7 Å². The third-order valence-electron chi connectivity index (χ3n) is 3.00. The van der Waals surface area contributed by atoms with Gasteiger partial charge in [-0.05, 0) is 30.3 Å². The Morgan fingerprint density at radius 2 is 1.93 bits per heavy atom. The molecule has 2 aromatic carbocycles. The minimum Gasteiger partial charge on any atom is -0.506 e. The van der Waals surface area contributed by atoms with Gasteiger partial charge in [-0.2, -0.15) is 5.26 Å². The Bertz CT molecular complexity index is 1070. The maximum absolute atomic E-state index is 11.2. The number of amidine groups is 1. The zero-order valence-corrected chi connectivity index (χ0v) is 14.2. The quantitative estimate of drug-likeness (QED) is 0.228. The van der Waals surface area contributed by atoms with Crippen LogP contribution in [0, 0.1) is 21.4 Å². The van der Waals surface area contributed by atoms with E-state index in [0.29, 0.717) is 5.69 Å². The van der Waals surface area contributed by atoms with Gasteiger partial charge in [0.1, 0.15) is 17.5 Å². The average molecular weight is 389 g/mol. The lowest BCUT2D eigenvalue weighted by Crippen LogP contribution is -2.11. The average Bonchev–Trinajstić information content (AvgIpc) is 2.62. The van der Waals surface area contributed by atoms with Crippen molar-refractivity contribution >= 4 is 32.9 Å². The smallest absolute Gasteiger partial charge is 0.271 e. The predicted octanol–water partition coefficient (Wildman–Crippen LogP) is 1.98. The number of phenolic OH excluding ortho intramolecular Hbond substituents is 1. The summed E-state index contributed by atoms with van der Waals surface area (Å²) in [5.41, 5.74) is 2.26. The van der Waals surface area contributed by atoms with Crippen LogP contribution in [-0.4, -0.2) is 24.3 Å². The topological polar surface area (TPSA) is 196 Å². The van der Waals surface area contributed by atoms with Gasteiger partial charge < -0.3 is 5.11 Å². The Morgan fingerprint density at radius 1 is 1.26 bits per heavy atom. The molecule has 0 aliphatic heterocycles. The number of phenols is 1. The number of benzene rings is 2. The van der Waals surface area contributed by atoms with Crippen molar-refractivity contribution in [3.05, 3.63) is 52.6 Å². The van der Waals surface area contributed by atoms with Crippen LogP contribution in [0.2, 0.25) is 0 Å². The van der Waals surface area contributed by atoms with Crippen LogP contribution in [0.4, 0.5) is 17.1 Å². The molecule has 0 radical (unpaired) electrons. The number of nitro benzene ring substituents is 1. The summed E-state index contributed by atoms with van der Waals surface area (Å²) < 4.78 is 22.3. The summed E-state index contributed by atoms with van der Waals surface area (Å²) >= 11 is 0. The number of sulfonamides is 1. The Hall–Kier alpha value is -3.89. The molecule has 138 valence electrons. The molecule has 0 aliphatic rings. The molecule has 4 N–H and O–H groups in total. The summed E-state index contributed by atoms with van der Waals surface area (Å²) in [7, 11) is -3.83. The lowest BCUT2D eigenvalue weighted by Gasteiger charge is -2.01. The van der Waals surface area contributed by atoms with Gasteiger partial charge in [-0.15, -0.1) is 15.3 Å². The van der Waals surface area contributed by atoms with E-state index in [1.54, 1.807) is 6.07 Å². The number of hydrogen-bond acceptors (Lipinski definition) is 9. The van der Waals surface area contributed by atoms with Crippen molar-refractivity contribution in [1.82, 2.24) is 0 Å². The van der Waals surface area contributed by atoms with Gasteiger partial charge in [-0.3, -0.25) is 15.5 Å². The molecule has 0 amide bonds. The fraction of sp³-hybridized carbons (Fsp3) is 0. The monoisotopic (exact) mass is 389 g/mol. The number of hydrazone groups is 1. The van der Waals surface area contributed by atoms with Gasteiger partial charge in [0.25, 0.3) is 11.5 Å². The Kier molecular flexibility index (Phi) is 5.75. The first-order chi connectivity index (χ1) is 12.7. The van der Waals surface area contributed by atoms with Crippen molar-refractivity contribution in [2.24, 2.45) is 20.5 Å². The number of nitriles is 1. The van der Waals surface area contributed by atoms with Crippen LogP contribution in [0.25, 0.3) is 0 Å². The first-order valence-corrected chi connectivity index (χ1v) is 8.51. The van der Waals surface area contributed by atoms with E-state index in [4.69, 9.17) is 10.4 Å². The van der Waals surface area contributed by atoms with E-state index in [2.05, 4.69) is 20.8 Å². The summed E-state index contributed by atoms with van der Waals surface area (Å²) in [5, 5.41) is 45.0. The van der Waals surface area contributed by atoms with E-state index in [1.807, 2.05) is 0 Å². The van der Waals surface area contributed by atoms with Gasteiger partial charge in [-0.25, -0.2) is 13.6 Å². The largest absolute Gasteiger partial charge is 0.506 e. The number of primary sulfonamides is 1. The molecule has 0 heterocycles. The fourth-order valence-corrected chi connectivity index (χ4v) is 2.23. The molecule has 0 atom stereocenters. The van der Waals surface area contributed by atoms with Crippen LogP contribution in [0.5, 0.6) is 5.75 Å². The van der Waals surface area contributed by atoms with E-state index < -0.39 is 20.8 Å². The Labute approximate surface area is 152 Å². The second-order valence-electron chi connectivity index (χ2n) is 4.86. The number of aromatic hydroxyl groups is 1. The first kappa shape index (κ1) is 19.4. The van der Waals surface area contributed by atoms with Crippen LogP contribution < -0.4 is 10.6 Å². The molecule has 0 saturated heterocycles. The number of hydrogen-bond donors (Lipinski definition) is 3. The van der Waals surface area contributed by atoms with Gasteiger partial charge in [0.2, 0.25) is 10.0 Å². The number of non-ortho nitro benzene ring substituents is 1. The number of anilines is 1. The number of nitrogens with one attached hydrogen (secondary N) is 1. The number of nitrogens with zero attached hydrogens (tertiary/aromatic N) is 5. The van der Waals surface area contributed by atoms with Crippen molar-refractivity contribution in [2.45, 2.75) is 4.90 Å². The standard InChI is InChI=1S/C14H11N7O5S/c15-8-14(19-17-9-1-4-11(5-2-9)27(16,25)26)20-18-12-7-10(21(23)24)3-6-13(12)22/h1-7,17,22H,(H2,16,25,26)/b19-14+,20-18?. The summed E-state index contributed by atoms with van der Waals surface area (Å²) in [4.78, 5) is 9.95. The van der Waals surface area contributed by atoms with Crippen molar-refractivity contribution in [3.63, 3.8) is 0 Å². The highest BCUT2D eigenvalue weighted by Crippen LogP contribution is 2.30. The van der Waals surface area contributed by atoms with E-state index in [1.165, 1.54) is 24.3 Å². The number of nitrogens with two attached hydrogens (primary N) is 1. The minimum atomic E-state index is -3.83. The van der Waals surface area contributed by atoms with Crippen molar-refractivity contribution < 1.29 is 18.4 Å². The summed E-state index contributed by atoms with van der Waals surface area (Å²) in [6.07, 6.45) is 0. The van der Waals surface area contributed by atoms with Crippen LogP contribution >= 0.6 is 0 Å². The van der Waals surface area contributed by atoms with Crippen molar-refractivity contribution in [1.29, 1.82) is 5.26 Å². The van der Waals surface area contributed by atoms with Crippen molar-refractivity contribution in [2.75, 3.05) is 5.43 Å². The van der Waals surface area contributed by atoms with Gasteiger partial charge in [0.15, 0.2) is 0 Å². The highest BCUT2D eigenvalue weighted by molar-refractivity contribution is 7.89. The second-order valence-corrected chi connectivity index (χ2v) is 6.42. The first-order valence-electron chi connectivity index (χ1n) is 6.96. The Balaban J connectivity index is 2.18. The van der Waals surface area contributed by atoms with E-state index >= 15 is 0 Å². The number of rotatable bonds is 5. The molecule has 0 aliphatic carbocycles. The highest BCUT2D eigenvalue weighted by atomic mass is 32.2. The SMILES string of the molecule is N#C/C(N=Nc1cc([N+](=O)[O-])ccc1O)=N\Nc1ccc(S(N)(=O)=O)cc1. The third kappa shape index (κ3) is 5.29. The number of azo groups is 1. The van der Waals surface area contributed by atoms with Gasteiger partial charge in [0.05, 0.1) is 15.5 Å². The third-order valence-corrected chi connectivity index (χ3v) is 3.93. The zero-order valence-electron chi connectivity index (χ0n) is 13.3. The molecule has 0 unspecified atom stereocenters. The second kappa shape index (κ2) is 7.99. The lowest BCUT2D eigenvalue weighted by atomic mass is 10.2. The maximum Gasteiger partial charge on any atom is 0.271 e. The van der Waals surface area contributed by atoms with Gasteiger partial charge >= 0.3 is 0 Å². The summed E-state index contributed by atoms with van der Waals surface area (Å²) in [6, 6.07) is 9.97. The lowest BCUT2D eigenvalue weighted by molar-refractivity contribution is -0.384. The molecule has 0 fully saturated rings. The number of nitro groups is 1. The molecule has 0 bridgehead atoms. The predicted molar refractivity (Wildman–Crippen MR) is 93.8 cm³/mol. The molecule has 2 aromatic rings. The molecular weight excluding hydrogens is 378 g/mol. The molecule has 12 nitrogen and oxygen atoms in total. The zero-order chi connectivity index (χ0) is 20.0. The Morgan fingerprint density at radius 3 is 2.48 bits per heavy atom. The van der Waals surface area contributed by atoms with Crippen LogP contribution in [-0.2, 0) is 10.0 Å². The van der Waals surface area contributed by atoms with E-state index in [-0.39, 0.29) is 22.0 Å².